The number of hydrogen-bond donors (Lipinski definition) is 1. The first-order chi connectivity index (χ1) is 4.88. The molecule has 10 heavy (non-hydrogen) atoms. The first-order valence-corrected chi connectivity index (χ1v) is 2.84. The van der Waals surface area contributed by atoms with E-state index in [2.05, 4.69) is 15.5 Å². The Kier molecular flexibility index (Phi) is 1.94. The second kappa shape index (κ2) is 2.91. The molecule has 1 N–H and O–H groups in total. The van der Waals surface area contributed by atoms with E-state index in [-0.39, 0.29) is 5.82 Å². The third-order valence-electron chi connectivity index (χ3n) is 1.14. The minimum atomic E-state index is 0.199. The first kappa shape index (κ1) is 6.67. The van der Waals surface area contributed by atoms with Crippen LogP contribution in [0, 0.1) is 4.91 Å². The lowest BCUT2D eigenvalue weighted by molar-refractivity contribution is 1.25. The molecule has 0 saturated carbocycles. The van der Waals surface area contributed by atoms with E-state index in [0.717, 1.165) is 0 Å². The molecule has 0 radical (unpaired) electrons. The number of anilines is 1. The van der Waals surface area contributed by atoms with Gasteiger partial charge in [0.05, 0.1) is 5.69 Å². The molecular formula is C6H7N3O. The highest BCUT2D eigenvalue weighted by Crippen LogP contribution is 2.18. The van der Waals surface area contributed by atoms with E-state index in [4.69, 9.17) is 0 Å². The lowest BCUT2D eigenvalue weighted by Crippen LogP contribution is -1.88. The van der Waals surface area contributed by atoms with Gasteiger partial charge in [0.1, 0.15) is 0 Å². The van der Waals surface area contributed by atoms with E-state index in [1.54, 1.807) is 19.2 Å². The maximum Gasteiger partial charge on any atom is 0.219 e. The zero-order valence-corrected chi connectivity index (χ0v) is 5.53. The molecule has 0 spiro atoms. The van der Waals surface area contributed by atoms with Crippen LogP contribution in [0.2, 0.25) is 0 Å². The highest BCUT2D eigenvalue weighted by molar-refractivity contribution is 5.59. The summed E-state index contributed by atoms with van der Waals surface area (Å²) in [5.74, 6) is 0.199. The van der Waals surface area contributed by atoms with Gasteiger partial charge in [-0.1, -0.05) is 0 Å². The summed E-state index contributed by atoms with van der Waals surface area (Å²) in [7, 11) is 1.71. The SMILES string of the molecule is CNc1cccnc1N=O. The summed E-state index contributed by atoms with van der Waals surface area (Å²) in [4.78, 5) is 13.8. The maximum atomic E-state index is 10.0. The minimum Gasteiger partial charge on any atom is -0.385 e. The van der Waals surface area contributed by atoms with E-state index in [9.17, 15) is 4.91 Å². The summed E-state index contributed by atoms with van der Waals surface area (Å²) in [6.45, 7) is 0. The molecule has 52 valence electrons. The van der Waals surface area contributed by atoms with Crippen LogP contribution in [-0.4, -0.2) is 12.0 Å². The average Bonchev–Trinajstić information content (AvgIpc) is 2.04. The highest BCUT2D eigenvalue weighted by Gasteiger charge is 1.97. The predicted octanol–water partition coefficient (Wildman–Crippen LogP) is 1.52. The van der Waals surface area contributed by atoms with Crippen molar-refractivity contribution in [3.8, 4) is 0 Å². The quantitative estimate of drug-likeness (QED) is 0.628. The number of nitroso groups, excluding NO2 is 1. The summed E-state index contributed by atoms with van der Waals surface area (Å²) in [5, 5.41) is 5.51. The molecule has 0 fully saturated rings. The van der Waals surface area contributed by atoms with Gasteiger partial charge in [-0.25, -0.2) is 4.98 Å². The molecule has 4 nitrogen and oxygen atoms in total. The van der Waals surface area contributed by atoms with Crippen LogP contribution in [0.5, 0.6) is 0 Å². The molecular weight excluding hydrogens is 130 g/mol. The fourth-order valence-corrected chi connectivity index (χ4v) is 0.665. The third kappa shape index (κ3) is 1.10. The Balaban J connectivity index is 3.08. The summed E-state index contributed by atoms with van der Waals surface area (Å²) >= 11 is 0. The van der Waals surface area contributed by atoms with Crippen molar-refractivity contribution < 1.29 is 0 Å². The van der Waals surface area contributed by atoms with Crippen LogP contribution in [0.3, 0.4) is 0 Å². The predicted molar refractivity (Wildman–Crippen MR) is 39.2 cm³/mol. The van der Waals surface area contributed by atoms with Crippen molar-refractivity contribution in [3.05, 3.63) is 23.2 Å². The maximum absolute atomic E-state index is 10.0. The Morgan fingerprint density at radius 1 is 1.70 bits per heavy atom. The molecule has 0 unspecified atom stereocenters. The van der Waals surface area contributed by atoms with Gasteiger partial charge in [0.2, 0.25) is 5.82 Å². The standard InChI is InChI=1S/C6H7N3O/c1-7-5-3-2-4-8-6(5)9-10/h2-4,7H,1H3. The molecule has 0 aliphatic carbocycles. The number of hydrogen-bond acceptors (Lipinski definition) is 4. The number of nitrogens with one attached hydrogen (secondary N) is 1. The Labute approximate surface area is 58.3 Å². The van der Waals surface area contributed by atoms with Crippen LogP contribution < -0.4 is 5.32 Å². The van der Waals surface area contributed by atoms with Gasteiger partial charge in [-0.2, -0.15) is 0 Å². The van der Waals surface area contributed by atoms with Crippen LogP contribution >= 0.6 is 0 Å². The second-order valence-corrected chi connectivity index (χ2v) is 1.72. The first-order valence-electron chi connectivity index (χ1n) is 2.84. The topological polar surface area (TPSA) is 54.4 Å². The van der Waals surface area contributed by atoms with Gasteiger partial charge in [0.25, 0.3) is 0 Å². The van der Waals surface area contributed by atoms with E-state index >= 15 is 0 Å². The van der Waals surface area contributed by atoms with E-state index in [0.29, 0.717) is 5.69 Å². The monoisotopic (exact) mass is 137 g/mol. The van der Waals surface area contributed by atoms with Crippen LogP contribution in [-0.2, 0) is 0 Å². The van der Waals surface area contributed by atoms with Crippen LogP contribution in [0.4, 0.5) is 11.5 Å². The van der Waals surface area contributed by atoms with Crippen LogP contribution in [0.25, 0.3) is 0 Å². The van der Waals surface area contributed by atoms with Crippen molar-refractivity contribution in [2.75, 3.05) is 12.4 Å². The molecule has 0 saturated heterocycles. The summed E-state index contributed by atoms with van der Waals surface area (Å²) in [5.41, 5.74) is 0.650. The Hall–Kier alpha value is -1.45. The number of aromatic nitrogens is 1. The van der Waals surface area contributed by atoms with Crippen LogP contribution in [0.15, 0.2) is 23.5 Å². The van der Waals surface area contributed by atoms with Crippen molar-refractivity contribution in [2.45, 2.75) is 0 Å². The fraction of sp³-hybridized carbons (Fsp3) is 0.167. The molecule has 0 aromatic carbocycles. The molecule has 1 aromatic rings. The number of rotatable bonds is 2. The summed E-state index contributed by atoms with van der Waals surface area (Å²) in [6, 6.07) is 3.48. The Morgan fingerprint density at radius 2 is 2.50 bits per heavy atom. The van der Waals surface area contributed by atoms with Gasteiger partial charge in [-0.05, 0) is 17.3 Å². The smallest absolute Gasteiger partial charge is 0.219 e. The van der Waals surface area contributed by atoms with Gasteiger partial charge in [-0.15, -0.1) is 4.91 Å². The van der Waals surface area contributed by atoms with Gasteiger partial charge in [0, 0.05) is 13.2 Å². The van der Waals surface area contributed by atoms with Gasteiger partial charge in [0.15, 0.2) is 0 Å². The van der Waals surface area contributed by atoms with E-state index in [1.165, 1.54) is 6.20 Å². The number of nitrogens with zero attached hydrogens (tertiary/aromatic N) is 2. The molecule has 0 bridgehead atoms. The van der Waals surface area contributed by atoms with E-state index < -0.39 is 0 Å². The zero-order chi connectivity index (χ0) is 7.40. The summed E-state index contributed by atoms with van der Waals surface area (Å²) < 4.78 is 0. The van der Waals surface area contributed by atoms with Crippen molar-refractivity contribution in [3.63, 3.8) is 0 Å². The Bertz CT molecular complexity index is 236. The minimum absolute atomic E-state index is 0.199. The van der Waals surface area contributed by atoms with Crippen molar-refractivity contribution >= 4 is 11.5 Å². The zero-order valence-electron chi connectivity index (χ0n) is 5.53. The fourth-order valence-electron chi connectivity index (χ4n) is 0.665. The second-order valence-electron chi connectivity index (χ2n) is 1.72. The molecule has 0 atom stereocenters. The lowest BCUT2D eigenvalue weighted by atomic mass is 10.4. The van der Waals surface area contributed by atoms with Crippen molar-refractivity contribution in [1.29, 1.82) is 0 Å². The van der Waals surface area contributed by atoms with Gasteiger partial charge >= 0.3 is 0 Å². The molecule has 1 rings (SSSR count). The van der Waals surface area contributed by atoms with Crippen molar-refractivity contribution in [2.24, 2.45) is 5.18 Å². The highest BCUT2D eigenvalue weighted by atomic mass is 16.3. The lowest BCUT2D eigenvalue weighted by Gasteiger charge is -1.97. The molecule has 0 aliphatic heterocycles. The summed E-state index contributed by atoms with van der Waals surface area (Å²) in [6.07, 6.45) is 1.53. The molecule has 1 aromatic heterocycles. The molecule has 0 aliphatic rings. The van der Waals surface area contributed by atoms with Gasteiger partial charge in [-0.3, -0.25) is 0 Å². The molecule has 1 heterocycles. The normalized spacial score (nSPS) is 8.90. The van der Waals surface area contributed by atoms with Gasteiger partial charge < -0.3 is 5.32 Å². The Morgan fingerprint density at radius 3 is 3.00 bits per heavy atom. The molecule has 4 heteroatoms. The largest absolute Gasteiger partial charge is 0.385 e. The average molecular weight is 137 g/mol. The number of pyridine rings is 1. The van der Waals surface area contributed by atoms with E-state index in [1.807, 2.05) is 0 Å². The van der Waals surface area contributed by atoms with Crippen LogP contribution in [0.1, 0.15) is 0 Å². The third-order valence-corrected chi connectivity index (χ3v) is 1.14. The van der Waals surface area contributed by atoms with Crippen molar-refractivity contribution in [1.82, 2.24) is 4.98 Å². The molecule has 0 amide bonds.